The van der Waals surface area contributed by atoms with Crippen LogP contribution >= 0.6 is 0 Å². The molecule has 27 heavy (non-hydrogen) atoms. The predicted molar refractivity (Wildman–Crippen MR) is 101 cm³/mol. The van der Waals surface area contributed by atoms with E-state index in [2.05, 4.69) is 10.3 Å². The number of methoxy groups -OCH3 is 1. The quantitative estimate of drug-likeness (QED) is 0.749. The molecule has 4 rings (SSSR count). The molecule has 1 aromatic heterocycles. The highest BCUT2D eigenvalue weighted by Gasteiger charge is 2.17. The molecule has 1 aliphatic heterocycles. The smallest absolute Gasteiger partial charge is 0.316 e. The third-order valence-corrected chi connectivity index (χ3v) is 4.35. The molecule has 0 saturated carbocycles. The standard InChI is InChI=1S/C20H19N3O4/c1-13-8-16-17(27-12-26-16)9-15(13)21-20-22-19(24)18(25-2)11-23(20)10-14-6-4-3-5-7-14/h3-9,11H,10,12H2,1-2H3,(H,21,22,24). The van der Waals surface area contributed by atoms with Gasteiger partial charge in [0.2, 0.25) is 18.5 Å². The van der Waals surface area contributed by atoms with Crippen LogP contribution in [0.5, 0.6) is 17.2 Å². The molecule has 0 spiro atoms. The van der Waals surface area contributed by atoms with Crippen molar-refractivity contribution in [2.45, 2.75) is 13.5 Å². The van der Waals surface area contributed by atoms with Crippen molar-refractivity contribution in [3.63, 3.8) is 0 Å². The van der Waals surface area contributed by atoms with Crippen LogP contribution in [0.2, 0.25) is 0 Å². The van der Waals surface area contributed by atoms with Crippen LogP contribution in [0.1, 0.15) is 11.1 Å². The number of rotatable bonds is 5. The highest BCUT2D eigenvalue weighted by atomic mass is 16.7. The number of nitrogens with one attached hydrogen (secondary N) is 1. The molecule has 2 aromatic carbocycles. The average molecular weight is 365 g/mol. The van der Waals surface area contributed by atoms with E-state index >= 15 is 0 Å². The number of hydrogen-bond donors (Lipinski definition) is 1. The SMILES string of the molecule is COc1cn(Cc2ccccc2)c(Nc2cc3c(cc2C)OCO3)nc1=O. The lowest BCUT2D eigenvalue weighted by Crippen LogP contribution is -2.19. The van der Waals surface area contributed by atoms with Crippen LogP contribution in [0.3, 0.4) is 0 Å². The van der Waals surface area contributed by atoms with Crippen LogP contribution < -0.4 is 25.1 Å². The Morgan fingerprint density at radius 3 is 2.67 bits per heavy atom. The lowest BCUT2D eigenvalue weighted by Gasteiger charge is -2.16. The highest BCUT2D eigenvalue weighted by molar-refractivity contribution is 5.65. The highest BCUT2D eigenvalue weighted by Crippen LogP contribution is 2.37. The monoisotopic (exact) mass is 365 g/mol. The first-order valence-electron chi connectivity index (χ1n) is 8.50. The minimum absolute atomic E-state index is 0.193. The normalized spacial score (nSPS) is 12.1. The second kappa shape index (κ2) is 7.03. The summed E-state index contributed by atoms with van der Waals surface area (Å²) in [5.74, 6) is 1.99. The predicted octanol–water partition coefficient (Wildman–Crippen LogP) is 3.08. The van der Waals surface area contributed by atoms with Crippen molar-refractivity contribution in [1.82, 2.24) is 9.55 Å². The fourth-order valence-corrected chi connectivity index (χ4v) is 2.91. The zero-order chi connectivity index (χ0) is 18.8. The van der Waals surface area contributed by atoms with Gasteiger partial charge in [-0.25, -0.2) is 0 Å². The van der Waals surface area contributed by atoms with E-state index in [9.17, 15) is 4.79 Å². The van der Waals surface area contributed by atoms with Crippen molar-refractivity contribution < 1.29 is 14.2 Å². The number of fused-ring (bicyclic) bond motifs is 1. The van der Waals surface area contributed by atoms with Gasteiger partial charge < -0.3 is 24.1 Å². The second-order valence-corrected chi connectivity index (χ2v) is 6.20. The molecule has 1 N–H and O–H groups in total. The Kier molecular flexibility index (Phi) is 4.42. The molecule has 0 atom stereocenters. The molecule has 0 unspecified atom stereocenters. The molecule has 7 nitrogen and oxygen atoms in total. The number of anilines is 2. The molecule has 0 bridgehead atoms. The van der Waals surface area contributed by atoms with E-state index < -0.39 is 5.56 Å². The summed E-state index contributed by atoms with van der Waals surface area (Å²) in [4.78, 5) is 16.4. The van der Waals surface area contributed by atoms with Gasteiger partial charge in [0.15, 0.2) is 11.5 Å². The summed E-state index contributed by atoms with van der Waals surface area (Å²) in [5, 5.41) is 3.24. The van der Waals surface area contributed by atoms with Gasteiger partial charge in [0.25, 0.3) is 0 Å². The maximum absolute atomic E-state index is 12.2. The Hall–Kier alpha value is -3.48. The van der Waals surface area contributed by atoms with Gasteiger partial charge in [-0.15, -0.1) is 0 Å². The van der Waals surface area contributed by atoms with Crippen molar-refractivity contribution in [3.8, 4) is 17.2 Å². The summed E-state index contributed by atoms with van der Waals surface area (Å²) in [6.45, 7) is 2.70. The molecule has 0 radical (unpaired) electrons. The summed E-state index contributed by atoms with van der Waals surface area (Å²) in [6.07, 6.45) is 1.66. The van der Waals surface area contributed by atoms with Gasteiger partial charge in [-0.2, -0.15) is 4.98 Å². The molecule has 0 fully saturated rings. The number of nitrogens with zero attached hydrogens (tertiary/aromatic N) is 2. The topological polar surface area (TPSA) is 74.6 Å². The second-order valence-electron chi connectivity index (χ2n) is 6.20. The van der Waals surface area contributed by atoms with Crippen LogP contribution in [0, 0.1) is 6.92 Å². The van der Waals surface area contributed by atoms with Gasteiger partial charge in [-0.05, 0) is 24.1 Å². The molecule has 7 heteroatoms. The molecule has 1 aliphatic rings. The number of hydrogen-bond acceptors (Lipinski definition) is 6. The minimum Gasteiger partial charge on any atom is -0.490 e. The molecule has 0 amide bonds. The van der Waals surface area contributed by atoms with E-state index in [0.717, 1.165) is 16.8 Å². The first-order chi connectivity index (χ1) is 13.1. The van der Waals surface area contributed by atoms with Crippen LogP contribution in [0.25, 0.3) is 0 Å². The molecule has 3 aromatic rings. The zero-order valence-electron chi connectivity index (χ0n) is 15.1. The minimum atomic E-state index is -0.428. The molecular weight excluding hydrogens is 346 g/mol. The fraction of sp³-hybridized carbons (Fsp3) is 0.200. The average Bonchev–Trinajstić information content (AvgIpc) is 3.12. The van der Waals surface area contributed by atoms with Crippen molar-refractivity contribution in [2.24, 2.45) is 0 Å². The largest absolute Gasteiger partial charge is 0.490 e. The Morgan fingerprint density at radius 2 is 1.93 bits per heavy atom. The Balaban J connectivity index is 1.73. The van der Waals surface area contributed by atoms with E-state index in [-0.39, 0.29) is 12.5 Å². The first-order valence-corrected chi connectivity index (χ1v) is 8.50. The summed E-state index contributed by atoms with van der Waals surface area (Å²) < 4.78 is 17.8. The van der Waals surface area contributed by atoms with Crippen LogP contribution in [-0.4, -0.2) is 23.5 Å². The molecular formula is C20H19N3O4. The Labute approximate surface area is 156 Å². The summed E-state index contributed by atoms with van der Waals surface area (Å²) in [5.41, 5.74) is 2.40. The van der Waals surface area contributed by atoms with E-state index in [1.54, 1.807) is 6.20 Å². The van der Waals surface area contributed by atoms with Gasteiger partial charge in [0, 0.05) is 11.8 Å². The molecule has 2 heterocycles. The zero-order valence-corrected chi connectivity index (χ0v) is 15.1. The number of aryl methyl sites for hydroxylation is 1. The van der Waals surface area contributed by atoms with E-state index in [0.29, 0.717) is 24.0 Å². The third kappa shape index (κ3) is 3.44. The molecule has 0 saturated heterocycles. The fourth-order valence-electron chi connectivity index (χ4n) is 2.91. The van der Waals surface area contributed by atoms with Gasteiger partial charge in [0.1, 0.15) is 0 Å². The summed E-state index contributed by atoms with van der Waals surface area (Å²) in [7, 11) is 1.46. The van der Waals surface area contributed by atoms with Crippen molar-refractivity contribution in [2.75, 3.05) is 19.2 Å². The van der Waals surface area contributed by atoms with Gasteiger partial charge in [0.05, 0.1) is 19.9 Å². The third-order valence-electron chi connectivity index (χ3n) is 4.35. The van der Waals surface area contributed by atoms with Crippen LogP contribution in [-0.2, 0) is 6.54 Å². The van der Waals surface area contributed by atoms with E-state index in [1.165, 1.54) is 7.11 Å². The summed E-state index contributed by atoms with van der Waals surface area (Å²) >= 11 is 0. The van der Waals surface area contributed by atoms with E-state index in [1.807, 2.05) is 54.0 Å². The first kappa shape index (κ1) is 17.0. The lowest BCUT2D eigenvalue weighted by molar-refractivity contribution is 0.174. The molecule has 0 aliphatic carbocycles. The number of benzene rings is 2. The van der Waals surface area contributed by atoms with Crippen LogP contribution in [0.4, 0.5) is 11.6 Å². The molecule has 138 valence electrons. The lowest BCUT2D eigenvalue weighted by atomic mass is 10.2. The maximum Gasteiger partial charge on any atom is 0.316 e. The van der Waals surface area contributed by atoms with Gasteiger partial charge in [-0.3, -0.25) is 4.79 Å². The van der Waals surface area contributed by atoms with E-state index in [4.69, 9.17) is 14.2 Å². The summed E-state index contributed by atoms with van der Waals surface area (Å²) in [6, 6.07) is 13.7. The number of aromatic nitrogens is 2. The Morgan fingerprint density at radius 1 is 1.19 bits per heavy atom. The Bertz CT molecular complexity index is 1030. The van der Waals surface area contributed by atoms with Crippen molar-refractivity contribution in [1.29, 1.82) is 0 Å². The van der Waals surface area contributed by atoms with Gasteiger partial charge >= 0.3 is 5.56 Å². The maximum atomic E-state index is 12.2. The number of ether oxygens (including phenoxy) is 3. The van der Waals surface area contributed by atoms with Crippen LogP contribution in [0.15, 0.2) is 53.5 Å². The van der Waals surface area contributed by atoms with Crippen molar-refractivity contribution in [3.05, 3.63) is 70.1 Å². The van der Waals surface area contributed by atoms with Gasteiger partial charge in [-0.1, -0.05) is 30.3 Å². The van der Waals surface area contributed by atoms with Crippen molar-refractivity contribution >= 4 is 11.6 Å².